The van der Waals surface area contributed by atoms with Crippen molar-refractivity contribution in [2.75, 3.05) is 30.4 Å². The van der Waals surface area contributed by atoms with Crippen molar-refractivity contribution in [1.29, 1.82) is 0 Å². The standard InChI is InChI=1S/C23H24ClN5O2/c1-31-19-5-2-16(3-6-19)20-15-29(18-8-11-25-12-9-18)13-10-21(20)28-23(30)27-17-4-7-22(24)26-14-17/h2-9,11-12,14,20-21H,10,13,15H2,1H3,(H2,27,28,30). The molecular weight excluding hydrogens is 414 g/mol. The molecule has 2 atom stereocenters. The van der Waals surface area contributed by atoms with Crippen LogP contribution >= 0.6 is 11.6 Å². The maximum absolute atomic E-state index is 12.7. The van der Waals surface area contributed by atoms with Crippen molar-refractivity contribution in [1.82, 2.24) is 15.3 Å². The largest absolute Gasteiger partial charge is 0.497 e. The van der Waals surface area contributed by atoms with Crippen LogP contribution < -0.4 is 20.3 Å². The highest BCUT2D eigenvalue weighted by Gasteiger charge is 2.32. The molecule has 0 aliphatic carbocycles. The number of pyridine rings is 2. The molecule has 8 heteroatoms. The Morgan fingerprint density at radius 1 is 1.13 bits per heavy atom. The van der Waals surface area contributed by atoms with Gasteiger partial charge in [0.25, 0.3) is 0 Å². The Kier molecular flexibility index (Phi) is 6.52. The molecule has 4 rings (SSSR count). The fourth-order valence-electron chi connectivity index (χ4n) is 3.89. The summed E-state index contributed by atoms with van der Waals surface area (Å²) in [5.74, 6) is 0.921. The van der Waals surface area contributed by atoms with E-state index in [2.05, 4.69) is 37.6 Å². The van der Waals surface area contributed by atoms with Crippen LogP contribution in [-0.2, 0) is 0 Å². The molecule has 1 aliphatic rings. The molecule has 160 valence electrons. The Morgan fingerprint density at radius 2 is 1.90 bits per heavy atom. The molecule has 2 aromatic heterocycles. The van der Waals surface area contributed by atoms with Crippen LogP contribution in [0, 0.1) is 0 Å². The number of halogens is 1. The number of urea groups is 1. The second-order valence-electron chi connectivity index (χ2n) is 7.39. The van der Waals surface area contributed by atoms with Crippen LogP contribution in [-0.4, -0.2) is 42.2 Å². The van der Waals surface area contributed by atoms with Crippen molar-refractivity contribution < 1.29 is 9.53 Å². The normalized spacial score (nSPS) is 18.3. The number of methoxy groups -OCH3 is 1. The number of aromatic nitrogens is 2. The summed E-state index contributed by atoms with van der Waals surface area (Å²) >= 11 is 5.82. The fraction of sp³-hybridized carbons (Fsp3) is 0.261. The van der Waals surface area contributed by atoms with E-state index in [0.29, 0.717) is 10.8 Å². The number of piperidine rings is 1. The highest BCUT2D eigenvalue weighted by Crippen LogP contribution is 2.31. The van der Waals surface area contributed by atoms with E-state index in [-0.39, 0.29) is 18.0 Å². The van der Waals surface area contributed by atoms with Crippen LogP contribution in [0.5, 0.6) is 5.75 Å². The second kappa shape index (κ2) is 9.66. The van der Waals surface area contributed by atoms with Crippen molar-refractivity contribution in [2.24, 2.45) is 0 Å². The molecule has 0 radical (unpaired) electrons. The van der Waals surface area contributed by atoms with Gasteiger partial charge in [-0.2, -0.15) is 0 Å². The van der Waals surface area contributed by atoms with Gasteiger partial charge in [-0.05, 0) is 48.4 Å². The van der Waals surface area contributed by atoms with Gasteiger partial charge in [-0.15, -0.1) is 0 Å². The van der Waals surface area contributed by atoms with Crippen LogP contribution in [0.4, 0.5) is 16.2 Å². The first-order chi connectivity index (χ1) is 15.1. The fourth-order valence-corrected chi connectivity index (χ4v) is 4.00. The van der Waals surface area contributed by atoms with Crippen molar-refractivity contribution in [3.05, 3.63) is 77.8 Å². The molecule has 1 aromatic carbocycles. The van der Waals surface area contributed by atoms with Crippen molar-refractivity contribution in [3.63, 3.8) is 0 Å². The Balaban J connectivity index is 1.51. The number of carbonyl (C=O) groups excluding carboxylic acids is 1. The first-order valence-electron chi connectivity index (χ1n) is 10.1. The first kappa shape index (κ1) is 20.9. The van der Waals surface area contributed by atoms with Crippen molar-refractivity contribution in [3.8, 4) is 5.75 Å². The second-order valence-corrected chi connectivity index (χ2v) is 7.78. The minimum Gasteiger partial charge on any atom is -0.497 e. The maximum atomic E-state index is 12.7. The number of ether oxygens (including phenoxy) is 1. The Morgan fingerprint density at radius 3 is 2.58 bits per heavy atom. The Labute approximate surface area is 186 Å². The van der Waals surface area contributed by atoms with E-state index in [9.17, 15) is 4.79 Å². The third-order valence-corrected chi connectivity index (χ3v) is 5.71. The van der Waals surface area contributed by atoms with Gasteiger partial charge in [-0.25, -0.2) is 9.78 Å². The van der Waals surface area contributed by atoms with Gasteiger partial charge in [0.2, 0.25) is 0 Å². The zero-order valence-electron chi connectivity index (χ0n) is 17.2. The summed E-state index contributed by atoms with van der Waals surface area (Å²) in [6.07, 6.45) is 5.95. The summed E-state index contributed by atoms with van der Waals surface area (Å²) in [4.78, 5) is 23.1. The number of carbonyl (C=O) groups is 1. The van der Waals surface area contributed by atoms with E-state index in [0.717, 1.165) is 36.5 Å². The van der Waals surface area contributed by atoms with Gasteiger partial charge in [0.1, 0.15) is 10.9 Å². The molecular formula is C23H24ClN5O2. The molecule has 2 amide bonds. The number of anilines is 2. The maximum Gasteiger partial charge on any atom is 0.319 e. The smallest absolute Gasteiger partial charge is 0.319 e. The number of rotatable bonds is 5. The summed E-state index contributed by atoms with van der Waals surface area (Å²) in [6.45, 7) is 1.62. The average Bonchev–Trinajstić information content (AvgIpc) is 2.81. The Hall–Kier alpha value is -3.32. The van der Waals surface area contributed by atoms with Gasteiger partial charge < -0.3 is 20.3 Å². The third-order valence-electron chi connectivity index (χ3n) is 5.49. The summed E-state index contributed by atoms with van der Waals surface area (Å²) in [5.41, 5.74) is 2.87. The zero-order valence-corrected chi connectivity index (χ0v) is 17.9. The topological polar surface area (TPSA) is 79.4 Å². The van der Waals surface area contributed by atoms with Gasteiger partial charge in [-0.3, -0.25) is 4.98 Å². The summed E-state index contributed by atoms with van der Waals surface area (Å²) < 4.78 is 5.30. The predicted octanol–water partition coefficient (Wildman–Crippen LogP) is 4.32. The van der Waals surface area contributed by atoms with Gasteiger partial charge >= 0.3 is 6.03 Å². The predicted molar refractivity (Wildman–Crippen MR) is 122 cm³/mol. The molecule has 1 saturated heterocycles. The van der Waals surface area contributed by atoms with E-state index >= 15 is 0 Å². The molecule has 1 aliphatic heterocycles. The molecule has 31 heavy (non-hydrogen) atoms. The number of hydrogen-bond donors (Lipinski definition) is 2. The molecule has 0 saturated carbocycles. The lowest BCUT2D eigenvalue weighted by molar-refractivity contribution is 0.243. The zero-order chi connectivity index (χ0) is 21.6. The third kappa shape index (κ3) is 5.24. The number of benzene rings is 1. The van der Waals surface area contributed by atoms with E-state index in [1.165, 1.54) is 6.20 Å². The van der Waals surface area contributed by atoms with Crippen LogP contribution in [0.3, 0.4) is 0 Å². The van der Waals surface area contributed by atoms with Gasteiger partial charge in [0.05, 0.1) is 19.0 Å². The van der Waals surface area contributed by atoms with E-state index < -0.39 is 0 Å². The monoisotopic (exact) mass is 437 g/mol. The lowest BCUT2D eigenvalue weighted by atomic mass is 9.85. The van der Waals surface area contributed by atoms with Crippen molar-refractivity contribution >= 4 is 29.0 Å². The quantitative estimate of drug-likeness (QED) is 0.581. The minimum absolute atomic E-state index is 0.0215. The molecule has 0 spiro atoms. The van der Waals surface area contributed by atoms with Crippen LogP contribution in [0.2, 0.25) is 5.15 Å². The van der Waals surface area contributed by atoms with Crippen LogP contribution in [0.25, 0.3) is 0 Å². The van der Waals surface area contributed by atoms with E-state index in [1.54, 1.807) is 31.6 Å². The number of hydrogen-bond acceptors (Lipinski definition) is 5. The summed E-state index contributed by atoms with van der Waals surface area (Å²) in [7, 11) is 1.65. The average molecular weight is 438 g/mol. The number of nitrogens with zero attached hydrogens (tertiary/aromatic N) is 3. The van der Waals surface area contributed by atoms with Crippen LogP contribution in [0.15, 0.2) is 67.1 Å². The highest BCUT2D eigenvalue weighted by atomic mass is 35.5. The molecule has 3 aromatic rings. The number of amides is 2. The minimum atomic E-state index is -0.259. The molecule has 1 fully saturated rings. The van der Waals surface area contributed by atoms with Crippen molar-refractivity contribution in [2.45, 2.75) is 18.4 Å². The van der Waals surface area contributed by atoms with Crippen LogP contribution in [0.1, 0.15) is 17.9 Å². The van der Waals surface area contributed by atoms with Gasteiger partial charge in [-0.1, -0.05) is 23.7 Å². The highest BCUT2D eigenvalue weighted by molar-refractivity contribution is 6.29. The molecule has 2 unspecified atom stereocenters. The SMILES string of the molecule is COc1ccc(C2CN(c3ccncc3)CCC2NC(=O)Nc2ccc(Cl)nc2)cc1. The lowest BCUT2D eigenvalue weighted by Gasteiger charge is -2.40. The summed E-state index contributed by atoms with van der Waals surface area (Å²) in [6, 6.07) is 15.2. The molecule has 2 N–H and O–H groups in total. The first-order valence-corrected chi connectivity index (χ1v) is 10.5. The van der Waals surface area contributed by atoms with E-state index in [1.807, 2.05) is 24.3 Å². The number of nitrogens with one attached hydrogen (secondary N) is 2. The molecule has 0 bridgehead atoms. The van der Waals surface area contributed by atoms with E-state index in [4.69, 9.17) is 16.3 Å². The summed E-state index contributed by atoms with van der Waals surface area (Å²) in [5, 5.41) is 6.37. The molecule has 3 heterocycles. The lowest BCUT2D eigenvalue weighted by Crippen LogP contribution is -2.50. The molecule has 7 nitrogen and oxygen atoms in total. The van der Waals surface area contributed by atoms with Gasteiger partial charge in [0.15, 0.2) is 0 Å². The Bertz CT molecular complexity index is 999. The van der Waals surface area contributed by atoms with Gasteiger partial charge in [0, 0.05) is 43.1 Å².